The van der Waals surface area contributed by atoms with Gasteiger partial charge in [-0.05, 0) is 37.0 Å². The van der Waals surface area contributed by atoms with Gasteiger partial charge in [-0.3, -0.25) is 14.2 Å². The molecule has 1 aromatic carbocycles. The molecule has 1 amide bonds. The summed E-state index contributed by atoms with van der Waals surface area (Å²) in [7, 11) is 0. The van der Waals surface area contributed by atoms with Crippen molar-refractivity contribution < 1.29 is 19.0 Å². The van der Waals surface area contributed by atoms with Crippen LogP contribution >= 0.6 is 0 Å². The maximum Gasteiger partial charge on any atom is 0.296 e. The number of aromatic nitrogens is 2. The fraction of sp³-hybridized carbons (Fsp3) is 0.389. The largest absolute Gasteiger partial charge is 0.501 e. The quantitative estimate of drug-likeness (QED) is 0.869. The van der Waals surface area contributed by atoms with Crippen molar-refractivity contribution in [1.82, 2.24) is 14.9 Å². The van der Waals surface area contributed by atoms with Crippen LogP contribution in [0.5, 0.6) is 5.75 Å². The summed E-state index contributed by atoms with van der Waals surface area (Å²) in [6.45, 7) is 0.462. The molecule has 136 valence electrons. The number of halogens is 1. The number of carbonyl (C=O) groups is 1. The minimum Gasteiger partial charge on any atom is -0.501 e. The summed E-state index contributed by atoms with van der Waals surface area (Å²) < 4.78 is 20.2. The number of carbonyl (C=O) groups excluding carboxylic acids is 1. The second-order valence-electron chi connectivity index (χ2n) is 6.57. The minimum absolute atomic E-state index is 0.0571. The number of ether oxygens (including phenoxy) is 1. The van der Waals surface area contributed by atoms with E-state index in [0.717, 1.165) is 19.3 Å². The Morgan fingerprint density at radius 2 is 2.12 bits per heavy atom. The van der Waals surface area contributed by atoms with Crippen molar-refractivity contribution in [2.75, 3.05) is 0 Å². The monoisotopic (exact) mass is 359 g/mol. The van der Waals surface area contributed by atoms with Crippen LogP contribution in [0.3, 0.4) is 0 Å². The first-order valence-electron chi connectivity index (χ1n) is 8.54. The molecular formula is C18H18FN3O4. The molecule has 7 nitrogen and oxygen atoms in total. The average molecular weight is 359 g/mol. The third kappa shape index (κ3) is 2.96. The molecule has 0 saturated carbocycles. The molecule has 1 fully saturated rings. The summed E-state index contributed by atoms with van der Waals surface area (Å²) in [5.41, 5.74) is -0.245. The smallest absolute Gasteiger partial charge is 0.296 e. The van der Waals surface area contributed by atoms with Crippen molar-refractivity contribution in [2.45, 2.75) is 44.6 Å². The van der Waals surface area contributed by atoms with Gasteiger partial charge in [-0.1, -0.05) is 12.1 Å². The van der Waals surface area contributed by atoms with Crippen LogP contribution in [0.4, 0.5) is 4.39 Å². The average Bonchev–Trinajstić information content (AvgIpc) is 2.65. The lowest BCUT2D eigenvalue weighted by molar-refractivity contribution is -0.0860. The van der Waals surface area contributed by atoms with Crippen molar-refractivity contribution in [1.29, 1.82) is 0 Å². The second-order valence-corrected chi connectivity index (χ2v) is 6.57. The molecule has 4 rings (SSSR count). The Hall–Kier alpha value is -2.74. The fourth-order valence-corrected chi connectivity index (χ4v) is 3.44. The Morgan fingerprint density at radius 1 is 1.35 bits per heavy atom. The Bertz CT molecular complexity index is 910. The van der Waals surface area contributed by atoms with Crippen LogP contribution in [0.2, 0.25) is 0 Å². The maximum absolute atomic E-state index is 12.9. The fourth-order valence-electron chi connectivity index (χ4n) is 3.44. The lowest BCUT2D eigenvalue weighted by Crippen LogP contribution is -2.42. The van der Waals surface area contributed by atoms with Gasteiger partial charge in [0.05, 0.1) is 12.6 Å². The van der Waals surface area contributed by atoms with Gasteiger partial charge >= 0.3 is 0 Å². The zero-order chi connectivity index (χ0) is 18.3. The van der Waals surface area contributed by atoms with Gasteiger partial charge in [-0.15, -0.1) is 0 Å². The van der Waals surface area contributed by atoms with Crippen LogP contribution in [0, 0.1) is 5.82 Å². The van der Waals surface area contributed by atoms with E-state index in [4.69, 9.17) is 4.74 Å². The van der Waals surface area contributed by atoms with E-state index in [1.165, 1.54) is 16.7 Å². The molecule has 2 aliphatic rings. The summed E-state index contributed by atoms with van der Waals surface area (Å²) in [6, 6.07) is 5.67. The highest BCUT2D eigenvalue weighted by Crippen LogP contribution is 2.34. The summed E-state index contributed by atoms with van der Waals surface area (Å²) >= 11 is 0. The molecule has 26 heavy (non-hydrogen) atoms. The number of rotatable bonds is 3. The van der Waals surface area contributed by atoms with Crippen LogP contribution in [0.1, 0.15) is 47.2 Å². The predicted octanol–water partition coefficient (Wildman–Crippen LogP) is 1.64. The summed E-state index contributed by atoms with van der Waals surface area (Å²) in [5.74, 6) is -1.31. The SMILES string of the molecule is O=C(NCc1ccc(F)cc1)c1nc2n(c(=O)c1O)C[C@H]1CCC[C@H]2O1. The third-order valence-electron chi connectivity index (χ3n) is 4.78. The highest BCUT2D eigenvalue weighted by molar-refractivity contribution is 5.94. The Kier molecular flexibility index (Phi) is 4.20. The number of nitrogens with one attached hydrogen (secondary N) is 1. The first-order valence-corrected chi connectivity index (χ1v) is 8.54. The van der Waals surface area contributed by atoms with Crippen molar-refractivity contribution in [2.24, 2.45) is 0 Å². The number of amides is 1. The highest BCUT2D eigenvalue weighted by atomic mass is 19.1. The number of hydrogen-bond acceptors (Lipinski definition) is 5. The standard InChI is InChI=1S/C18H18FN3O4/c19-11-6-4-10(5-7-11)8-20-17(24)14-15(23)18(25)22-9-12-2-1-3-13(26-12)16(22)21-14/h4-7,12-13,23H,1-3,8-9H2,(H,20,24)/t12-,13-/m1/s1. The van der Waals surface area contributed by atoms with E-state index >= 15 is 0 Å². The number of benzene rings is 1. The zero-order valence-corrected chi connectivity index (χ0v) is 13.9. The van der Waals surface area contributed by atoms with E-state index in [-0.39, 0.29) is 30.3 Å². The van der Waals surface area contributed by atoms with Gasteiger partial charge in [0.15, 0.2) is 5.69 Å². The predicted molar refractivity (Wildman–Crippen MR) is 89.2 cm³/mol. The van der Waals surface area contributed by atoms with Gasteiger partial charge in [-0.2, -0.15) is 0 Å². The number of fused-ring (bicyclic) bond motifs is 4. The summed E-state index contributed by atoms with van der Waals surface area (Å²) in [5, 5.41) is 12.8. The van der Waals surface area contributed by atoms with Gasteiger partial charge in [0.2, 0.25) is 5.75 Å². The molecular weight excluding hydrogens is 341 g/mol. The molecule has 0 aliphatic carbocycles. The normalized spacial score (nSPS) is 21.1. The van der Waals surface area contributed by atoms with Crippen molar-refractivity contribution in [3.05, 3.63) is 57.5 Å². The topological polar surface area (TPSA) is 93.5 Å². The lowest BCUT2D eigenvalue weighted by atomic mass is 10.00. The molecule has 2 aromatic rings. The van der Waals surface area contributed by atoms with E-state index in [9.17, 15) is 19.1 Å². The van der Waals surface area contributed by atoms with Crippen LogP contribution in [-0.2, 0) is 17.8 Å². The highest BCUT2D eigenvalue weighted by Gasteiger charge is 2.35. The third-order valence-corrected chi connectivity index (χ3v) is 4.78. The molecule has 1 aromatic heterocycles. The van der Waals surface area contributed by atoms with Crippen molar-refractivity contribution >= 4 is 5.91 Å². The molecule has 0 spiro atoms. The molecule has 8 heteroatoms. The Labute approximate surface area is 148 Å². The molecule has 3 heterocycles. The van der Waals surface area contributed by atoms with Crippen molar-refractivity contribution in [3.63, 3.8) is 0 Å². The number of aromatic hydroxyl groups is 1. The number of nitrogens with zero attached hydrogens (tertiary/aromatic N) is 2. The van der Waals surface area contributed by atoms with Crippen LogP contribution in [0.15, 0.2) is 29.1 Å². The van der Waals surface area contributed by atoms with Gasteiger partial charge in [0, 0.05) is 6.54 Å². The minimum atomic E-state index is -0.662. The first kappa shape index (κ1) is 16.7. The number of hydrogen-bond donors (Lipinski definition) is 2. The second kappa shape index (κ2) is 6.53. The lowest BCUT2D eigenvalue weighted by Gasteiger charge is -2.36. The van der Waals surface area contributed by atoms with Gasteiger partial charge < -0.3 is 15.2 Å². The molecule has 0 radical (unpaired) electrons. The molecule has 2 atom stereocenters. The molecule has 1 saturated heterocycles. The summed E-state index contributed by atoms with van der Waals surface area (Å²) in [6.07, 6.45) is 2.17. The Morgan fingerprint density at radius 3 is 2.88 bits per heavy atom. The van der Waals surface area contributed by atoms with E-state index in [2.05, 4.69) is 10.3 Å². The van der Waals surface area contributed by atoms with Gasteiger partial charge in [-0.25, -0.2) is 9.37 Å². The molecule has 2 bridgehead atoms. The molecule has 2 aliphatic heterocycles. The zero-order valence-electron chi connectivity index (χ0n) is 13.9. The molecule has 2 N–H and O–H groups in total. The van der Waals surface area contributed by atoms with Crippen LogP contribution in [-0.4, -0.2) is 26.7 Å². The van der Waals surface area contributed by atoms with Crippen molar-refractivity contribution in [3.8, 4) is 5.75 Å². The summed E-state index contributed by atoms with van der Waals surface area (Å²) in [4.78, 5) is 29.1. The van der Waals surface area contributed by atoms with Gasteiger partial charge in [0.1, 0.15) is 17.7 Å². The van der Waals surface area contributed by atoms with Crippen LogP contribution in [0.25, 0.3) is 0 Å². The van der Waals surface area contributed by atoms with E-state index in [0.29, 0.717) is 17.9 Å². The first-order chi connectivity index (χ1) is 12.5. The van der Waals surface area contributed by atoms with E-state index in [1.807, 2.05) is 0 Å². The van der Waals surface area contributed by atoms with E-state index in [1.54, 1.807) is 12.1 Å². The maximum atomic E-state index is 12.9. The Balaban J connectivity index is 1.60. The van der Waals surface area contributed by atoms with E-state index < -0.39 is 17.2 Å². The van der Waals surface area contributed by atoms with Crippen LogP contribution < -0.4 is 10.9 Å². The molecule has 0 unspecified atom stereocenters. The van der Waals surface area contributed by atoms with Gasteiger partial charge in [0.25, 0.3) is 11.5 Å².